The van der Waals surface area contributed by atoms with E-state index in [1.165, 1.54) is 0 Å². The molecule has 1 saturated heterocycles. The summed E-state index contributed by atoms with van der Waals surface area (Å²) in [6, 6.07) is 8.90. The van der Waals surface area contributed by atoms with Crippen LogP contribution in [-0.2, 0) is 4.74 Å². The van der Waals surface area contributed by atoms with Crippen LogP contribution in [-0.4, -0.2) is 37.2 Å². The number of hydrogen-bond donors (Lipinski definition) is 2. The zero-order valence-corrected chi connectivity index (χ0v) is 16.5. The number of rotatable bonds is 3. The average molecular weight is 450 g/mol. The van der Waals surface area contributed by atoms with Crippen LogP contribution < -0.4 is 16.0 Å². The van der Waals surface area contributed by atoms with E-state index < -0.39 is 0 Å². The predicted molar refractivity (Wildman–Crippen MR) is 108 cm³/mol. The van der Waals surface area contributed by atoms with E-state index in [4.69, 9.17) is 10.5 Å². The SMILES string of the molecule is Cl.Cl.Nc1cc(Br)ccc1C(=O)Nc1ccc(N2CCOCC2)nc1. The van der Waals surface area contributed by atoms with Crippen molar-refractivity contribution in [2.45, 2.75) is 0 Å². The lowest BCUT2D eigenvalue weighted by atomic mass is 10.1. The van der Waals surface area contributed by atoms with E-state index in [0.717, 1.165) is 23.4 Å². The Bertz CT molecular complexity index is 710. The number of nitrogen functional groups attached to an aromatic ring is 1. The van der Waals surface area contributed by atoms with Gasteiger partial charge >= 0.3 is 0 Å². The fraction of sp³-hybridized carbons (Fsp3) is 0.250. The molecule has 1 fully saturated rings. The third kappa shape index (κ3) is 5.47. The van der Waals surface area contributed by atoms with Crippen molar-refractivity contribution in [3.8, 4) is 0 Å². The van der Waals surface area contributed by atoms with E-state index in [1.807, 2.05) is 12.1 Å². The summed E-state index contributed by atoms with van der Waals surface area (Å²) in [7, 11) is 0. The highest BCUT2D eigenvalue weighted by atomic mass is 79.9. The maximum atomic E-state index is 12.3. The van der Waals surface area contributed by atoms with Crippen molar-refractivity contribution in [1.29, 1.82) is 0 Å². The number of nitrogens with one attached hydrogen (secondary N) is 1. The van der Waals surface area contributed by atoms with Crippen LogP contribution in [0.15, 0.2) is 41.0 Å². The Morgan fingerprint density at radius 3 is 2.52 bits per heavy atom. The number of ether oxygens (including phenoxy) is 1. The lowest BCUT2D eigenvalue weighted by Gasteiger charge is -2.27. The van der Waals surface area contributed by atoms with Gasteiger partial charge in [0.1, 0.15) is 5.82 Å². The number of hydrogen-bond acceptors (Lipinski definition) is 5. The number of anilines is 3. The summed E-state index contributed by atoms with van der Waals surface area (Å²) in [5.41, 5.74) is 7.37. The number of nitrogens with two attached hydrogens (primary N) is 1. The molecule has 6 nitrogen and oxygen atoms in total. The van der Waals surface area contributed by atoms with Crippen molar-refractivity contribution >= 4 is 63.8 Å². The molecular formula is C16H19BrCl2N4O2. The molecule has 136 valence electrons. The topological polar surface area (TPSA) is 80.5 Å². The van der Waals surface area contributed by atoms with E-state index in [2.05, 4.69) is 31.1 Å². The van der Waals surface area contributed by atoms with Gasteiger partial charge in [0.05, 0.1) is 30.7 Å². The van der Waals surface area contributed by atoms with Crippen LogP contribution in [0, 0.1) is 0 Å². The molecule has 1 aliphatic heterocycles. The molecule has 2 heterocycles. The first-order valence-electron chi connectivity index (χ1n) is 7.28. The van der Waals surface area contributed by atoms with Crippen LogP contribution in [0.4, 0.5) is 17.2 Å². The minimum atomic E-state index is -0.254. The molecule has 0 spiro atoms. The highest BCUT2D eigenvalue weighted by Gasteiger charge is 2.13. The number of amides is 1. The van der Waals surface area contributed by atoms with Crippen molar-refractivity contribution < 1.29 is 9.53 Å². The highest BCUT2D eigenvalue weighted by molar-refractivity contribution is 9.10. The Morgan fingerprint density at radius 1 is 1.20 bits per heavy atom. The number of morpholine rings is 1. The normalized spacial score (nSPS) is 13.4. The number of carbonyl (C=O) groups excluding carboxylic acids is 1. The van der Waals surface area contributed by atoms with Gasteiger partial charge < -0.3 is 20.7 Å². The predicted octanol–water partition coefficient (Wildman–Crippen LogP) is 3.36. The second kappa shape index (κ2) is 9.82. The van der Waals surface area contributed by atoms with Gasteiger partial charge in [0.25, 0.3) is 5.91 Å². The maximum Gasteiger partial charge on any atom is 0.257 e. The van der Waals surface area contributed by atoms with E-state index in [9.17, 15) is 4.79 Å². The van der Waals surface area contributed by atoms with E-state index in [0.29, 0.717) is 30.2 Å². The summed E-state index contributed by atoms with van der Waals surface area (Å²) < 4.78 is 6.16. The van der Waals surface area contributed by atoms with Crippen LogP contribution in [0.1, 0.15) is 10.4 Å². The number of halogens is 3. The van der Waals surface area contributed by atoms with Crippen molar-refractivity contribution in [3.05, 3.63) is 46.6 Å². The zero-order valence-electron chi connectivity index (χ0n) is 13.3. The van der Waals surface area contributed by atoms with Gasteiger partial charge in [0, 0.05) is 23.2 Å². The molecule has 0 atom stereocenters. The lowest BCUT2D eigenvalue weighted by molar-refractivity contribution is 0.102. The van der Waals surface area contributed by atoms with Crippen LogP contribution in [0.3, 0.4) is 0 Å². The van der Waals surface area contributed by atoms with Gasteiger partial charge in [0.2, 0.25) is 0 Å². The molecule has 9 heteroatoms. The second-order valence-electron chi connectivity index (χ2n) is 5.19. The fourth-order valence-corrected chi connectivity index (χ4v) is 2.76. The van der Waals surface area contributed by atoms with E-state index >= 15 is 0 Å². The summed E-state index contributed by atoms with van der Waals surface area (Å²) in [6.45, 7) is 3.08. The van der Waals surface area contributed by atoms with Gasteiger partial charge in [-0.25, -0.2) is 4.98 Å². The van der Waals surface area contributed by atoms with Gasteiger partial charge in [-0.2, -0.15) is 0 Å². The molecular weight excluding hydrogens is 431 g/mol. The Kier molecular flexibility index (Phi) is 8.44. The van der Waals surface area contributed by atoms with Crippen LogP contribution in [0.2, 0.25) is 0 Å². The third-order valence-corrected chi connectivity index (χ3v) is 4.09. The highest BCUT2D eigenvalue weighted by Crippen LogP contribution is 2.20. The monoisotopic (exact) mass is 448 g/mol. The van der Waals surface area contributed by atoms with Crippen molar-refractivity contribution in [2.75, 3.05) is 42.3 Å². The van der Waals surface area contributed by atoms with Crippen LogP contribution in [0.25, 0.3) is 0 Å². The smallest absolute Gasteiger partial charge is 0.257 e. The van der Waals surface area contributed by atoms with Crippen molar-refractivity contribution in [3.63, 3.8) is 0 Å². The molecule has 0 bridgehead atoms. The molecule has 25 heavy (non-hydrogen) atoms. The fourth-order valence-electron chi connectivity index (χ4n) is 2.38. The zero-order chi connectivity index (χ0) is 16.2. The number of benzene rings is 1. The van der Waals surface area contributed by atoms with E-state index in [-0.39, 0.29) is 30.7 Å². The summed E-state index contributed by atoms with van der Waals surface area (Å²) in [5, 5.41) is 2.81. The number of nitrogens with zero attached hydrogens (tertiary/aromatic N) is 2. The van der Waals surface area contributed by atoms with Gasteiger partial charge in [-0.1, -0.05) is 15.9 Å². The van der Waals surface area contributed by atoms with Crippen LogP contribution >= 0.6 is 40.7 Å². The quantitative estimate of drug-likeness (QED) is 0.702. The number of carbonyl (C=O) groups is 1. The first kappa shape index (κ1) is 21.5. The maximum absolute atomic E-state index is 12.3. The first-order valence-corrected chi connectivity index (χ1v) is 8.08. The summed E-state index contributed by atoms with van der Waals surface area (Å²) in [5.74, 6) is 0.630. The molecule has 1 aromatic carbocycles. The lowest BCUT2D eigenvalue weighted by Crippen LogP contribution is -2.36. The third-order valence-electron chi connectivity index (χ3n) is 3.60. The van der Waals surface area contributed by atoms with Crippen LogP contribution in [0.5, 0.6) is 0 Å². The molecule has 0 saturated carbocycles. The molecule has 0 aliphatic carbocycles. The molecule has 3 N–H and O–H groups in total. The molecule has 1 amide bonds. The van der Waals surface area contributed by atoms with E-state index in [1.54, 1.807) is 24.4 Å². The Hall–Kier alpha value is -1.54. The van der Waals surface area contributed by atoms with Gasteiger partial charge in [-0.15, -0.1) is 24.8 Å². The summed E-state index contributed by atoms with van der Waals surface area (Å²) in [4.78, 5) is 18.8. The standard InChI is InChI=1S/C16H17BrN4O2.2ClH/c17-11-1-3-13(14(18)9-11)16(22)20-12-2-4-15(19-10-12)21-5-7-23-8-6-21;;/h1-4,9-10H,5-8,18H2,(H,20,22);2*1H. The molecule has 1 aliphatic rings. The largest absolute Gasteiger partial charge is 0.398 e. The van der Waals surface area contributed by atoms with Gasteiger partial charge in [0.15, 0.2) is 0 Å². The minimum absolute atomic E-state index is 0. The Morgan fingerprint density at radius 2 is 1.92 bits per heavy atom. The summed E-state index contributed by atoms with van der Waals surface area (Å²) >= 11 is 3.32. The van der Waals surface area contributed by atoms with Gasteiger partial charge in [-0.05, 0) is 30.3 Å². The molecule has 0 unspecified atom stereocenters. The minimum Gasteiger partial charge on any atom is -0.398 e. The molecule has 1 aromatic heterocycles. The van der Waals surface area contributed by atoms with Gasteiger partial charge in [-0.3, -0.25) is 4.79 Å². The molecule has 2 aromatic rings. The summed E-state index contributed by atoms with van der Waals surface area (Å²) in [6.07, 6.45) is 1.65. The Labute approximate surface area is 167 Å². The first-order chi connectivity index (χ1) is 11.1. The Balaban J connectivity index is 0.00000156. The molecule has 0 radical (unpaired) electrons. The number of aromatic nitrogens is 1. The molecule has 3 rings (SSSR count). The van der Waals surface area contributed by atoms with Crippen molar-refractivity contribution in [2.24, 2.45) is 0 Å². The average Bonchev–Trinajstić information content (AvgIpc) is 2.56. The number of pyridine rings is 1. The van der Waals surface area contributed by atoms with Crippen molar-refractivity contribution in [1.82, 2.24) is 4.98 Å². The second-order valence-corrected chi connectivity index (χ2v) is 6.11.